The standard InChI is InChI=1S/C14H12N2OS/c1-10(17)15-13-5-3-4-12(8-13)6-7-14-9-18-11(2)16-14/h3-5,8-9H,1-2H3,(H,15,17). The Kier molecular flexibility index (Phi) is 3.75. The zero-order valence-electron chi connectivity index (χ0n) is 10.2. The molecule has 1 aromatic carbocycles. The minimum atomic E-state index is -0.0877. The zero-order chi connectivity index (χ0) is 13.0. The number of amides is 1. The van der Waals surface area contributed by atoms with Crippen LogP contribution in [0, 0.1) is 18.8 Å². The van der Waals surface area contributed by atoms with E-state index >= 15 is 0 Å². The van der Waals surface area contributed by atoms with E-state index in [1.54, 1.807) is 11.3 Å². The Morgan fingerprint density at radius 1 is 1.39 bits per heavy atom. The topological polar surface area (TPSA) is 42.0 Å². The Hall–Kier alpha value is -2.12. The van der Waals surface area contributed by atoms with Crippen LogP contribution in [-0.4, -0.2) is 10.9 Å². The molecule has 0 radical (unpaired) electrons. The molecule has 0 unspecified atom stereocenters. The number of carbonyl (C=O) groups is 1. The zero-order valence-corrected chi connectivity index (χ0v) is 11.0. The van der Waals surface area contributed by atoms with E-state index in [1.807, 2.05) is 36.6 Å². The summed E-state index contributed by atoms with van der Waals surface area (Å²) in [5.41, 5.74) is 2.39. The predicted molar refractivity (Wildman–Crippen MR) is 73.6 cm³/mol. The lowest BCUT2D eigenvalue weighted by molar-refractivity contribution is -0.114. The first kappa shape index (κ1) is 12.3. The smallest absolute Gasteiger partial charge is 0.221 e. The van der Waals surface area contributed by atoms with Crippen LogP contribution in [0.15, 0.2) is 29.6 Å². The summed E-state index contributed by atoms with van der Waals surface area (Å²) in [4.78, 5) is 15.2. The van der Waals surface area contributed by atoms with Gasteiger partial charge in [-0.15, -0.1) is 11.3 Å². The number of aromatic nitrogens is 1. The fourth-order valence-electron chi connectivity index (χ4n) is 1.44. The lowest BCUT2D eigenvalue weighted by atomic mass is 10.2. The maximum Gasteiger partial charge on any atom is 0.221 e. The van der Waals surface area contributed by atoms with Gasteiger partial charge in [0.1, 0.15) is 5.69 Å². The molecule has 0 aliphatic heterocycles. The van der Waals surface area contributed by atoms with E-state index in [0.717, 1.165) is 22.0 Å². The molecule has 18 heavy (non-hydrogen) atoms. The summed E-state index contributed by atoms with van der Waals surface area (Å²) in [5.74, 6) is 5.94. The van der Waals surface area contributed by atoms with Gasteiger partial charge in [0.05, 0.1) is 5.01 Å². The van der Waals surface area contributed by atoms with Crippen molar-refractivity contribution in [3.8, 4) is 11.8 Å². The van der Waals surface area contributed by atoms with E-state index in [0.29, 0.717) is 0 Å². The SMILES string of the molecule is CC(=O)Nc1cccc(C#Cc2csc(C)n2)c1. The molecule has 3 nitrogen and oxygen atoms in total. The number of carbonyl (C=O) groups excluding carboxylic acids is 1. The van der Waals surface area contributed by atoms with Crippen LogP contribution in [0.1, 0.15) is 23.2 Å². The molecule has 0 aliphatic carbocycles. The summed E-state index contributed by atoms with van der Waals surface area (Å²) in [6.45, 7) is 3.43. The number of hydrogen-bond acceptors (Lipinski definition) is 3. The minimum absolute atomic E-state index is 0.0877. The van der Waals surface area contributed by atoms with Crippen LogP contribution in [0.5, 0.6) is 0 Å². The Morgan fingerprint density at radius 2 is 2.22 bits per heavy atom. The van der Waals surface area contributed by atoms with Gasteiger partial charge in [-0.3, -0.25) is 4.79 Å². The third-order valence-corrected chi connectivity index (χ3v) is 2.91. The molecule has 0 atom stereocenters. The fraction of sp³-hybridized carbons (Fsp3) is 0.143. The van der Waals surface area contributed by atoms with Crippen molar-refractivity contribution in [1.82, 2.24) is 4.98 Å². The third kappa shape index (κ3) is 3.44. The summed E-state index contributed by atoms with van der Waals surface area (Å²) in [7, 11) is 0. The van der Waals surface area contributed by atoms with Gasteiger partial charge in [-0.05, 0) is 31.0 Å². The van der Waals surface area contributed by atoms with Crippen molar-refractivity contribution >= 4 is 22.9 Å². The number of aryl methyl sites for hydroxylation is 1. The number of nitrogens with one attached hydrogen (secondary N) is 1. The van der Waals surface area contributed by atoms with Gasteiger partial charge in [0, 0.05) is 23.6 Å². The van der Waals surface area contributed by atoms with Crippen LogP contribution in [-0.2, 0) is 4.79 Å². The Balaban J connectivity index is 2.19. The van der Waals surface area contributed by atoms with Crippen LogP contribution in [0.4, 0.5) is 5.69 Å². The monoisotopic (exact) mass is 256 g/mol. The molecule has 0 saturated heterocycles. The average Bonchev–Trinajstić information content (AvgIpc) is 2.72. The Bertz CT molecular complexity index is 634. The van der Waals surface area contributed by atoms with Crippen LogP contribution in [0.25, 0.3) is 0 Å². The molecule has 0 aliphatic rings. The number of benzene rings is 1. The number of rotatable bonds is 1. The summed E-state index contributed by atoms with van der Waals surface area (Å²) < 4.78 is 0. The first-order valence-corrected chi connectivity index (χ1v) is 6.33. The van der Waals surface area contributed by atoms with Gasteiger partial charge in [0.25, 0.3) is 0 Å². The molecule has 0 fully saturated rings. The van der Waals surface area contributed by atoms with Gasteiger partial charge in [-0.2, -0.15) is 0 Å². The molecule has 2 aromatic rings. The fourth-order valence-corrected chi connectivity index (χ4v) is 1.98. The van der Waals surface area contributed by atoms with E-state index in [4.69, 9.17) is 0 Å². The Morgan fingerprint density at radius 3 is 2.89 bits per heavy atom. The van der Waals surface area contributed by atoms with E-state index in [2.05, 4.69) is 22.1 Å². The number of anilines is 1. The van der Waals surface area contributed by atoms with Crippen molar-refractivity contribution in [2.45, 2.75) is 13.8 Å². The second-order valence-electron chi connectivity index (χ2n) is 3.76. The molecule has 0 bridgehead atoms. The molecular weight excluding hydrogens is 244 g/mol. The van der Waals surface area contributed by atoms with Crippen LogP contribution >= 0.6 is 11.3 Å². The first-order valence-electron chi connectivity index (χ1n) is 5.45. The van der Waals surface area contributed by atoms with Crippen LogP contribution < -0.4 is 5.32 Å². The molecule has 0 saturated carbocycles. The highest BCUT2D eigenvalue weighted by Crippen LogP contribution is 2.10. The van der Waals surface area contributed by atoms with Gasteiger partial charge >= 0.3 is 0 Å². The van der Waals surface area contributed by atoms with Gasteiger partial charge in [-0.1, -0.05) is 12.0 Å². The van der Waals surface area contributed by atoms with E-state index in [-0.39, 0.29) is 5.91 Å². The highest BCUT2D eigenvalue weighted by molar-refractivity contribution is 7.09. The molecule has 90 valence electrons. The van der Waals surface area contributed by atoms with Crippen LogP contribution in [0.2, 0.25) is 0 Å². The second-order valence-corrected chi connectivity index (χ2v) is 4.83. The number of thiazole rings is 1. The maximum atomic E-state index is 11.0. The van der Waals surface area contributed by atoms with Gasteiger partial charge in [0.2, 0.25) is 5.91 Å². The Labute approximate surface area is 110 Å². The van der Waals surface area contributed by atoms with Crippen molar-refractivity contribution in [3.05, 3.63) is 45.9 Å². The summed E-state index contributed by atoms with van der Waals surface area (Å²) in [5, 5.41) is 5.66. The van der Waals surface area contributed by atoms with Crippen molar-refractivity contribution in [1.29, 1.82) is 0 Å². The summed E-state index contributed by atoms with van der Waals surface area (Å²) in [6, 6.07) is 7.44. The molecule has 1 aromatic heterocycles. The average molecular weight is 256 g/mol. The lowest BCUT2D eigenvalue weighted by Gasteiger charge is -2.01. The molecule has 0 spiro atoms. The van der Waals surface area contributed by atoms with Gasteiger partial charge in [0.15, 0.2) is 0 Å². The largest absolute Gasteiger partial charge is 0.326 e. The quantitative estimate of drug-likeness (QED) is 0.797. The van der Waals surface area contributed by atoms with Gasteiger partial charge < -0.3 is 5.32 Å². The van der Waals surface area contributed by atoms with E-state index in [1.165, 1.54) is 6.92 Å². The summed E-state index contributed by atoms with van der Waals surface area (Å²) in [6.07, 6.45) is 0. The first-order chi connectivity index (χ1) is 8.63. The highest BCUT2D eigenvalue weighted by Gasteiger charge is 1.96. The van der Waals surface area contributed by atoms with Crippen molar-refractivity contribution in [2.24, 2.45) is 0 Å². The molecule has 1 heterocycles. The van der Waals surface area contributed by atoms with Crippen LogP contribution in [0.3, 0.4) is 0 Å². The molecule has 1 amide bonds. The second kappa shape index (κ2) is 5.48. The van der Waals surface area contributed by atoms with E-state index < -0.39 is 0 Å². The number of hydrogen-bond donors (Lipinski definition) is 1. The lowest BCUT2D eigenvalue weighted by Crippen LogP contribution is -2.05. The minimum Gasteiger partial charge on any atom is -0.326 e. The molecule has 1 N–H and O–H groups in total. The van der Waals surface area contributed by atoms with Crippen molar-refractivity contribution in [3.63, 3.8) is 0 Å². The van der Waals surface area contributed by atoms with Crippen molar-refractivity contribution in [2.75, 3.05) is 5.32 Å². The predicted octanol–water partition coefficient (Wildman–Crippen LogP) is 2.81. The molecular formula is C14H12N2OS. The molecule has 2 rings (SSSR count). The van der Waals surface area contributed by atoms with Gasteiger partial charge in [-0.25, -0.2) is 4.98 Å². The number of nitrogens with zero attached hydrogens (tertiary/aromatic N) is 1. The maximum absolute atomic E-state index is 11.0. The van der Waals surface area contributed by atoms with Crippen molar-refractivity contribution < 1.29 is 4.79 Å². The molecule has 4 heteroatoms. The summed E-state index contributed by atoms with van der Waals surface area (Å²) >= 11 is 1.58. The third-order valence-electron chi connectivity index (χ3n) is 2.14. The van der Waals surface area contributed by atoms with E-state index in [9.17, 15) is 4.79 Å². The normalized spacial score (nSPS) is 9.44. The highest BCUT2D eigenvalue weighted by atomic mass is 32.1.